The topological polar surface area (TPSA) is 96.6 Å². The van der Waals surface area contributed by atoms with Crippen LogP contribution in [-0.2, 0) is 14.3 Å². The standard InChI is InChI=1S/C33H42N4O5/c1-4-5-6-7-20-42-26-13-11-25(12-14-26)29-27(30(38)28-24(3)36-16-8-10-23(2)32(36)34-28)31(39)33(40)37(29)17-9-15-35-18-21-41-22-19-35/h8,10-14,16,29,38H,4-7,9,15,17-22H2,1-3H3. The molecule has 9 nitrogen and oxygen atoms in total. The van der Waals surface area contributed by atoms with Crippen LogP contribution in [-0.4, -0.2) is 82.0 Å². The van der Waals surface area contributed by atoms with Crippen molar-refractivity contribution in [2.45, 2.75) is 58.9 Å². The fourth-order valence-corrected chi connectivity index (χ4v) is 5.89. The number of ether oxygens (including phenoxy) is 2. The zero-order valence-electron chi connectivity index (χ0n) is 25.0. The fourth-order valence-electron chi connectivity index (χ4n) is 5.89. The molecule has 42 heavy (non-hydrogen) atoms. The number of fused-ring (bicyclic) bond motifs is 1. The van der Waals surface area contributed by atoms with Gasteiger partial charge < -0.3 is 23.9 Å². The number of unbranched alkanes of at least 4 members (excludes halogenated alkanes) is 3. The maximum atomic E-state index is 13.6. The van der Waals surface area contributed by atoms with Crippen molar-refractivity contribution in [1.82, 2.24) is 19.2 Å². The van der Waals surface area contributed by atoms with Gasteiger partial charge in [-0.2, -0.15) is 0 Å². The SMILES string of the molecule is CCCCCCOc1ccc(C2C(=C(O)c3nc4c(C)cccn4c3C)C(=O)C(=O)N2CCCN2CCOCC2)cc1. The molecule has 1 atom stereocenters. The van der Waals surface area contributed by atoms with Crippen LogP contribution in [0.4, 0.5) is 0 Å². The second-order valence-corrected chi connectivity index (χ2v) is 11.2. The van der Waals surface area contributed by atoms with Crippen LogP contribution in [0.25, 0.3) is 11.4 Å². The number of pyridine rings is 1. The summed E-state index contributed by atoms with van der Waals surface area (Å²) >= 11 is 0. The van der Waals surface area contributed by atoms with Gasteiger partial charge in [0, 0.05) is 32.4 Å². The van der Waals surface area contributed by atoms with E-state index in [1.54, 1.807) is 4.90 Å². The van der Waals surface area contributed by atoms with Crippen molar-refractivity contribution in [3.63, 3.8) is 0 Å². The van der Waals surface area contributed by atoms with Crippen LogP contribution in [0.5, 0.6) is 5.75 Å². The van der Waals surface area contributed by atoms with Gasteiger partial charge in [-0.1, -0.05) is 44.4 Å². The van der Waals surface area contributed by atoms with Gasteiger partial charge in [-0.25, -0.2) is 4.98 Å². The number of aliphatic hydroxyl groups is 1. The maximum absolute atomic E-state index is 13.6. The monoisotopic (exact) mass is 574 g/mol. The molecule has 2 fully saturated rings. The quantitative estimate of drug-likeness (QED) is 0.140. The molecule has 1 amide bonds. The predicted molar refractivity (Wildman–Crippen MR) is 162 cm³/mol. The second kappa shape index (κ2) is 13.5. The molecule has 2 aliphatic heterocycles. The van der Waals surface area contributed by atoms with Crippen LogP contribution < -0.4 is 4.74 Å². The average Bonchev–Trinajstić information content (AvgIpc) is 3.47. The molecular weight excluding hydrogens is 532 g/mol. The summed E-state index contributed by atoms with van der Waals surface area (Å²) in [6.07, 6.45) is 7.08. The van der Waals surface area contributed by atoms with E-state index >= 15 is 0 Å². The van der Waals surface area contributed by atoms with Crippen molar-refractivity contribution in [2.24, 2.45) is 0 Å². The van der Waals surface area contributed by atoms with Gasteiger partial charge in [0.2, 0.25) is 0 Å². The number of nitrogens with zero attached hydrogens (tertiary/aromatic N) is 4. The van der Waals surface area contributed by atoms with E-state index in [9.17, 15) is 14.7 Å². The van der Waals surface area contributed by atoms with E-state index in [2.05, 4.69) is 11.8 Å². The number of Topliss-reactive ketones (excluding diaryl/α,β-unsaturated/α-hetero) is 1. The fraction of sp³-hybridized carbons (Fsp3) is 0.485. The maximum Gasteiger partial charge on any atom is 0.295 e. The third-order valence-corrected chi connectivity index (χ3v) is 8.29. The largest absolute Gasteiger partial charge is 0.505 e. The summed E-state index contributed by atoms with van der Waals surface area (Å²) in [5.74, 6) is -0.789. The molecule has 0 saturated carbocycles. The van der Waals surface area contributed by atoms with Gasteiger partial charge >= 0.3 is 0 Å². The van der Waals surface area contributed by atoms with Gasteiger partial charge in [-0.3, -0.25) is 14.5 Å². The molecule has 2 aliphatic rings. The highest BCUT2D eigenvalue weighted by molar-refractivity contribution is 6.46. The first-order chi connectivity index (χ1) is 20.4. The lowest BCUT2D eigenvalue weighted by Gasteiger charge is -2.29. The molecule has 0 aliphatic carbocycles. The number of aliphatic hydroxyl groups excluding tert-OH is 1. The molecule has 1 N–H and O–H groups in total. The van der Waals surface area contributed by atoms with E-state index < -0.39 is 17.7 Å². The molecule has 2 aromatic heterocycles. The van der Waals surface area contributed by atoms with E-state index in [1.807, 2.05) is 60.8 Å². The Hall–Kier alpha value is -3.69. The Labute approximate surface area is 247 Å². The van der Waals surface area contributed by atoms with Crippen molar-refractivity contribution >= 4 is 23.1 Å². The van der Waals surface area contributed by atoms with Gasteiger partial charge in [0.1, 0.15) is 17.1 Å². The number of carbonyl (C=O) groups excluding carboxylic acids is 2. The Morgan fingerprint density at radius 2 is 1.79 bits per heavy atom. The Morgan fingerprint density at radius 3 is 2.50 bits per heavy atom. The summed E-state index contributed by atoms with van der Waals surface area (Å²) in [7, 11) is 0. The van der Waals surface area contributed by atoms with Gasteiger partial charge in [-0.05, 0) is 56.0 Å². The molecule has 9 heteroatoms. The van der Waals surface area contributed by atoms with E-state index in [0.29, 0.717) is 49.8 Å². The van der Waals surface area contributed by atoms with Crippen LogP contribution >= 0.6 is 0 Å². The first-order valence-corrected chi connectivity index (χ1v) is 15.2. The predicted octanol–water partition coefficient (Wildman–Crippen LogP) is 5.05. The van der Waals surface area contributed by atoms with Crippen LogP contribution in [0, 0.1) is 13.8 Å². The summed E-state index contributed by atoms with van der Waals surface area (Å²) in [4.78, 5) is 35.7. The molecule has 1 unspecified atom stereocenters. The number of likely N-dealkylation sites (tertiary alicyclic amines) is 1. The minimum Gasteiger partial charge on any atom is -0.505 e. The number of aromatic nitrogens is 2. The Kier molecular flexibility index (Phi) is 9.59. The van der Waals surface area contributed by atoms with Crippen molar-refractivity contribution < 1.29 is 24.2 Å². The molecule has 3 aromatic rings. The normalized spacial score (nSPS) is 19.2. The molecule has 0 radical (unpaired) electrons. The first-order valence-electron chi connectivity index (χ1n) is 15.2. The number of amides is 1. The Balaban J connectivity index is 1.46. The van der Waals surface area contributed by atoms with Gasteiger partial charge in [0.05, 0.1) is 37.1 Å². The van der Waals surface area contributed by atoms with E-state index in [0.717, 1.165) is 49.4 Å². The Morgan fingerprint density at radius 1 is 1.02 bits per heavy atom. The Bertz CT molecular complexity index is 1440. The number of hydrogen-bond donors (Lipinski definition) is 1. The number of rotatable bonds is 12. The highest BCUT2D eigenvalue weighted by Gasteiger charge is 2.46. The van der Waals surface area contributed by atoms with Crippen LogP contribution in [0.15, 0.2) is 48.2 Å². The lowest BCUT2D eigenvalue weighted by molar-refractivity contribution is -0.140. The average molecular weight is 575 g/mol. The van der Waals surface area contributed by atoms with Gasteiger partial charge in [0.25, 0.3) is 11.7 Å². The number of carbonyl (C=O) groups is 2. The summed E-state index contributed by atoms with van der Waals surface area (Å²) in [5, 5.41) is 11.7. The summed E-state index contributed by atoms with van der Waals surface area (Å²) < 4.78 is 13.3. The van der Waals surface area contributed by atoms with Crippen LogP contribution in [0.2, 0.25) is 0 Å². The third-order valence-electron chi connectivity index (χ3n) is 8.29. The summed E-state index contributed by atoms with van der Waals surface area (Å²) in [6, 6.07) is 10.7. The number of benzene rings is 1. The number of aryl methyl sites for hydroxylation is 2. The molecular formula is C33H42N4O5. The number of hydrogen-bond acceptors (Lipinski definition) is 7. The second-order valence-electron chi connectivity index (χ2n) is 11.2. The molecule has 0 bridgehead atoms. The van der Waals surface area contributed by atoms with Crippen molar-refractivity contribution in [1.29, 1.82) is 0 Å². The lowest BCUT2D eigenvalue weighted by Crippen LogP contribution is -2.38. The van der Waals surface area contributed by atoms with Gasteiger partial charge in [-0.15, -0.1) is 0 Å². The molecule has 1 aromatic carbocycles. The number of imidazole rings is 1. The minimum atomic E-state index is -0.724. The van der Waals surface area contributed by atoms with Crippen molar-refractivity contribution in [3.05, 3.63) is 70.7 Å². The zero-order valence-corrected chi connectivity index (χ0v) is 25.0. The minimum absolute atomic E-state index is 0.0729. The molecule has 5 rings (SSSR count). The molecule has 0 spiro atoms. The van der Waals surface area contributed by atoms with E-state index in [-0.39, 0.29) is 11.3 Å². The number of morpholine rings is 1. The summed E-state index contributed by atoms with van der Waals surface area (Å²) in [6.45, 7) is 10.9. The molecule has 2 saturated heterocycles. The first kappa shape index (κ1) is 29.8. The number of ketones is 1. The van der Waals surface area contributed by atoms with E-state index in [4.69, 9.17) is 14.5 Å². The lowest BCUT2D eigenvalue weighted by atomic mass is 9.96. The van der Waals surface area contributed by atoms with Gasteiger partial charge in [0.15, 0.2) is 5.76 Å². The van der Waals surface area contributed by atoms with E-state index in [1.165, 1.54) is 12.8 Å². The van der Waals surface area contributed by atoms with Crippen LogP contribution in [0.1, 0.15) is 67.6 Å². The molecule has 224 valence electrons. The summed E-state index contributed by atoms with van der Waals surface area (Å²) in [5.41, 5.74) is 3.49. The zero-order chi connectivity index (χ0) is 29.6. The molecule has 4 heterocycles. The van der Waals surface area contributed by atoms with Crippen molar-refractivity contribution in [3.8, 4) is 5.75 Å². The highest BCUT2D eigenvalue weighted by atomic mass is 16.5. The smallest absolute Gasteiger partial charge is 0.295 e. The highest BCUT2D eigenvalue weighted by Crippen LogP contribution is 2.40. The van der Waals surface area contributed by atoms with Crippen molar-refractivity contribution in [2.75, 3.05) is 46.0 Å². The van der Waals surface area contributed by atoms with Crippen LogP contribution in [0.3, 0.4) is 0 Å². The third kappa shape index (κ3) is 6.22.